The SMILES string of the molecule is CC(C)c1cc(-c2cc3ccccc3o2)cc(C(C)C)c1-n1c(-c2cccc3c2oc2cc4c(ccc5ccccc54)cc23)nc2ccc3ccccc3c21. The van der Waals surface area contributed by atoms with E-state index in [4.69, 9.17) is 13.8 Å². The van der Waals surface area contributed by atoms with Crippen LogP contribution in [0.3, 0.4) is 0 Å². The second kappa shape index (κ2) is 11.9. The van der Waals surface area contributed by atoms with E-state index in [0.717, 1.165) is 66.7 Å². The third-order valence-electron chi connectivity index (χ3n) is 11.5. The summed E-state index contributed by atoms with van der Waals surface area (Å²) in [5.74, 6) is 2.17. The van der Waals surface area contributed by atoms with Crippen molar-refractivity contribution in [3.05, 3.63) is 157 Å². The fraction of sp³-hybridized carbons (Fsp3) is 0.118. The number of furan rings is 2. The number of imidazole rings is 1. The molecule has 264 valence electrons. The largest absolute Gasteiger partial charge is 0.456 e. The molecular formula is C51H38N2O2. The molecule has 11 rings (SSSR count). The minimum Gasteiger partial charge on any atom is -0.456 e. The highest BCUT2D eigenvalue weighted by Crippen LogP contribution is 2.45. The lowest BCUT2D eigenvalue weighted by Gasteiger charge is -2.24. The van der Waals surface area contributed by atoms with Crippen LogP contribution in [-0.4, -0.2) is 9.55 Å². The number of hydrogen-bond donors (Lipinski definition) is 0. The van der Waals surface area contributed by atoms with E-state index in [1.54, 1.807) is 0 Å². The number of fused-ring (bicyclic) bond motifs is 10. The Balaban J connectivity index is 1.24. The van der Waals surface area contributed by atoms with E-state index < -0.39 is 0 Å². The van der Waals surface area contributed by atoms with E-state index in [2.05, 4.69) is 166 Å². The maximum atomic E-state index is 6.96. The van der Waals surface area contributed by atoms with Crippen LogP contribution in [0.4, 0.5) is 0 Å². The van der Waals surface area contributed by atoms with Gasteiger partial charge in [-0.1, -0.05) is 125 Å². The second-order valence-electron chi connectivity index (χ2n) is 15.5. The highest BCUT2D eigenvalue weighted by molar-refractivity contribution is 6.18. The Morgan fingerprint density at radius 1 is 0.491 bits per heavy atom. The van der Waals surface area contributed by atoms with Gasteiger partial charge in [-0.2, -0.15) is 0 Å². The molecule has 55 heavy (non-hydrogen) atoms. The van der Waals surface area contributed by atoms with Crippen molar-refractivity contribution < 1.29 is 8.83 Å². The Morgan fingerprint density at radius 3 is 1.91 bits per heavy atom. The Morgan fingerprint density at radius 2 is 1.15 bits per heavy atom. The first-order chi connectivity index (χ1) is 26.9. The number of rotatable bonds is 5. The smallest absolute Gasteiger partial charge is 0.149 e. The van der Waals surface area contributed by atoms with Crippen LogP contribution in [0.25, 0.3) is 105 Å². The summed E-state index contributed by atoms with van der Waals surface area (Å²) in [6, 6.07) is 52.1. The van der Waals surface area contributed by atoms with Crippen LogP contribution in [0.1, 0.15) is 50.7 Å². The Kier molecular flexibility index (Phi) is 6.90. The van der Waals surface area contributed by atoms with Gasteiger partial charge in [0, 0.05) is 27.1 Å². The van der Waals surface area contributed by atoms with Crippen molar-refractivity contribution >= 4 is 76.3 Å². The van der Waals surface area contributed by atoms with Gasteiger partial charge in [0.25, 0.3) is 0 Å². The van der Waals surface area contributed by atoms with Crippen LogP contribution in [0.15, 0.2) is 154 Å². The first kappa shape index (κ1) is 31.8. The molecule has 0 amide bonds. The lowest BCUT2D eigenvalue weighted by molar-refractivity contribution is 0.631. The second-order valence-corrected chi connectivity index (χ2v) is 15.5. The number of nitrogens with zero attached hydrogens (tertiary/aromatic N) is 2. The van der Waals surface area contributed by atoms with Crippen molar-refractivity contribution in [2.24, 2.45) is 0 Å². The zero-order valence-electron chi connectivity index (χ0n) is 31.2. The van der Waals surface area contributed by atoms with Crippen LogP contribution in [-0.2, 0) is 0 Å². The zero-order valence-corrected chi connectivity index (χ0v) is 31.2. The molecule has 8 aromatic carbocycles. The third-order valence-corrected chi connectivity index (χ3v) is 11.5. The van der Waals surface area contributed by atoms with E-state index in [1.807, 2.05) is 12.1 Å². The average Bonchev–Trinajstić information content (AvgIpc) is 3.93. The van der Waals surface area contributed by atoms with Crippen molar-refractivity contribution in [1.29, 1.82) is 0 Å². The lowest BCUT2D eigenvalue weighted by Crippen LogP contribution is -2.09. The maximum Gasteiger partial charge on any atom is 0.149 e. The Hall–Kier alpha value is -6.65. The van der Waals surface area contributed by atoms with Gasteiger partial charge in [0.05, 0.1) is 22.3 Å². The molecule has 0 atom stereocenters. The van der Waals surface area contributed by atoms with Gasteiger partial charge in [0.15, 0.2) is 0 Å². The number of hydrogen-bond acceptors (Lipinski definition) is 3. The van der Waals surface area contributed by atoms with Gasteiger partial charge in [0.1, 0.15) is 28.3 Å². The summed E-state index contributed by atoms with van der Waals surface area (Å²) < 4.78 is 15.9. The maximum absolute atomic E-state index is 6.96. The van der Waals surface area contributed by atoms with Crippen LogP contribution in [0.2, 0.25) is 0 Å². The summed E-state index contributed by atoms with van der Waals surface area (Å²) in [5, 5.41) is 10.5. The highest BCUT2D eigenvalue weighted by Gasteiger charge is 2.27. The van der Waals surface area contributed by atoms with Gasteiger partial charge >= 0.3 is 0 Å². The molecule has 4 heteroatoms. The number of benzene rings is 8. The van der Waals surface area contributed by atoms with Crippen molar-refractivity contribution in [2.45, 2.75) is 39.5 Å². The summed E-state index contributed by atoms with van der Waals surface area (Å²) in [6.07, 6.45) is 0. The van der Waals surface area contributed by atoms with E-state index in [-0.39, 0.29) is 11.8 Å². The molecule has 3 heterocycles. The molecule has 0 saturated carbocycles. The van der Waals surface area contributed by atoms with E-state index in [1.165, 1.54) is 49.1 Å². The topological polar surface area (TPSA) is 44.1 Å². The molecule has 0 aliphatic rings. The summed E-state index contributed by atoms with van der Waals surface area (Å²) >= 11 is 0. The summed E-state index contributed by atoms with van der Waals surface area (Å²) in [6.45, 7) is 9.15. The minimum absolute atomic E-state index is 0.210. The summed E-state index contributed by atoms with van der Waals surface area (Å²) in [4.78, 5) is 5.52. The molecule has 0 aliphatic carbocycles. The Labute approximate surface area is 318 Å². The van der Waals surface area contributed by atoms with Gasteiger partial charge in [-0.25, -0.2) is 4.98 Å². The number of para-hydroxylation sites is 2. The van der Waals surface area contributed by atoms with Gasteiger partial charge in [-0.3, -0.25) is 4.57 Å². The lowest BCUT2D eigenvalue weighted by atomic mass is 9.89. The van der Waals surface area contributed by atoms with Gasteiger partial charge in [-0.15, -0.1) is 0 Å². The molecule has 0 N–H and O–H groups in total. The molecule has 0 aliphatic heterocycles. The molecule has 11 aromatic rings. The molecule has 0 unspecified atom stereocenters. The normalized spacial score (nSPS) is 12.3. The van der Waals surface area contributed by atoms with Gasteiger partial charge < -0.3 is 8.83 Å². The first-order valence-electron chi connectivity index (χ1n) is 19.3. The fourth-order valence-corrected chi connectivity index (χ4v) is 8.80. The van der Waals surface area contributed by atoms with Crippen molar-refractivity contribution in [3.63, 3.8) is 0 Å². The quantitative estimate of drug-likeness (QED) is 0.167. The predicted octanol–water partition coefficient (Wildman–Crippen LogP) is 14.7. The van der Waals surface area contributed by atoms with E-state index in [9.17, 15) is 0 Å². The fourth-order valence-electron chi connectivity index (χ4n) is 8.80. The molecule has 0 saturated heterocycles. The van der Waals surface area contributed by atoms with Crippen molar-refractivity contribution in [1.82, 2.24) is 9.55 Å². The standard InChI is InChI=1S/C51H38N2O2/c1-29(2)40-25-35(46-27-34-14-7-10-19-45(34)54-46)26-41(30(3)4)48(40)53-49-37-16-9-6-13-32(37)22-23-44(49)52-51(53)39-18-11-17-38-43-24-33-21-20-31-12-5-8-15-36(31)42(33)28-47(43)55-50(38)39/h5-30H,1-4H3. The predicted molar refractivity (Wildman–Crippen MR) is 230 cm³/mol. The van der Waals surface area contributed by atoms with Crippen LogP contribution in [0, 0.1) is 0 Å². The van der Waals surface area contributed by atoms with Gasteiger partial charge in [-0.05, 0) is 98.4 Å². The average molecular weight is 711 g/mol. The Bertz CT molecular complexity index is 3270. The monoisotopic (exact) mass is 710 g/mol. The molecule has 3 aromatic heterocycles. The van der Waals surface area contributed by atoms with E-state index >= 15 is 0 Å². The summed E-state index contributed by atoms with van der Waals surface area (Å²) in [5.41, 5.74) is 10.4. The van der Waals surface area contributed by atoms with Crippen LogP contribution in [0.5, 0.6) is 0 Å². The van der Waals surface area contributed by atoms with Crippen LogP contribution >= 0.6 is 0 Å². The highest BCUT2D eigenvalue weighted by atomic mass is 16.3. The van der Waals surface area contributed by atoms with Crippen molar-refractivity contribution in [3.8, 4) is 28.4 Å². The molecule has 0 fully saturated rings. The van der Waals surface area contributed by atoms with E-state index in [0.29, 0.717) is 0 Å². The molecule has 0 bridgehead atoms. The minimum atomic E-state index is 0.210. The van der Waals surface area contributed by atoms with Crippen molar-refractivity contribution in [2.75, 3.05) is 0 Å². The van der Waals surface area contributed by atoms with Crippen LogP contribution < -0.4 is 0 Å². The molecular weight excluding hydrogens is 673 g/mol. The summed E-state index contributed by atoms with van der Waals surface area (Å²) in [7, 11) is 0. The van der Waals surface area contributed by atoms with Gasteiger partial charge in [0.2, 0.25) is 0 Å². The third kappa shape index (κ3) is 4.81. The molecule has 0 spiro atoms. The first-order valence-corrected chi connectivity index (χ1v) is 19.3. The molecule has 4 nitrogen and oxygen atoms in total. The number of aromatic nitrogens is 2. The molecule has 0 radical (unpaired) electrons. The zero-order chi connectivity index (χ0) is 36.9.